The maximum absolute atomic E-state index is 12.3. The quantitative estimate of drug-likeness (QED) is 0.712. The van der Waals surface area contributed by atoms with Crippen LogP contribution in [-0.4, -0.2) is 64.4 Å². The standard InChI is InChI=1S/C14H22N4O4S/c1-14(2,3)8-10(19)17(12(21)15-8)6-5-7-18-11(20)9(23-4)16-13(18)22/h8-9H,5-7H2,1-4H3,(H,15,21)(H,16,22). The highest BCUT2D eigenvalue weighted by atomic mass is 32.2. The molecule has 6 amide bonds. The van der Waals surface area contributed by atoms with E-state index in [2.05, 4.69) is 10.6 Å². The van der Waals surface area contributed by atoms with Gasteiger partial charge in [0.15, 0.2) is 5.37 Å². The summed E-state index contributed by atoms with van der Waals surface area (Å²) in [4.78, 5) is 50.2. The smallest absolute Gasteiger partial charge is 0.325 e. The van der Waals surface area contributed by atoms with Crippen LogP contribution in [0.15, 0.2) is 0 Å². The fraction of sp³-hybridized carbons (Fsp3) is 0.714. The van der Waals surface area contributed by atoms with Crippen molar-refractivity contribution in [3.05, 3.63) is 0 Å². The van der Waals surface area contributed by atoms with Crippen LogP contribution in [0.25, 0.3) is 0 Å². The maximum atomic E-state index is 12.3. The number of nitrogens with zero attached hydrogens (tertiary/aromatic N) is 2. The van der Waals surface area contributed by atoms with E-state index >= 15 is 0 Å². The van der Waals surface area contributed by atoms with Gasteiger partial charge in [0.25, 0.3) is 11.8 Å². The molecule has 9 heteroatoms. The summed E-state index contributed by atoms with van der Waals surface area (Å²) in [7, 11) is 0. The van der Waals surface area contributed by atoms with Crippen LogP contribution in [0.5, 0.6) is 0 Å². The van der Waals surface area contributed by atoms with Crippen LogP contribution < -0.4 is 10.6 Å². The van der Waals surface area contributed by atoms with Crippen LogP contribution in [-0.2, 0) is 9.59 Å². The third-order valence-corrected chi connectivity index (χ3v) is 4.67. The number of imide groups is 2. The molecule has 0 spiro atoms. The molecule has 2 unspecified atom stereocenters. The molecule has 8 nitrogen and oxygen atoms in total. The molecule has 128 valence electrons. The number of carbonyl (C=O) groups is 4. The van der Waals surface area contributed by atoms with Gasteiger partial charge in [-0.25, -0.2) is 9.59 Å². The van der Waals surface area contributed by atoms with Crippen molar-refractivity contribution >= 4 is 35.6 Å². The minimum atomic E-state index is -0.551. The number of hydrogen-bond acceptors (Lipinski definition) is 5. The Hall–Kier alpha value is -1.77. The first-order valence-electron chi connectivity index (χ1n) is 7.43. The Kier molecular flexibility index (Phi) is 4.88. The fourth-order valence-corrected chi connectivity index (χ4v) is 3.12. The molecule has 0 aliphatic carbocycles. The zero-order valence-electron chi connectivity index (χ0n) is 13.7. The number of rotatable bonds is 5. The number of urea groups is 2. The maximum Gasteiger partial charge on any atom is 0.325 e. The first-order chi connectivity index (χ1) is 10.7. The normalized spacial score (nSPS) is 25.2. The van der Waals surface area contributed by atoms with Crippen molar-refractivity contribution in [1.82, 2.24) is 20.4 Å². The molecule has 2 saturated heterocycles. The van der Waals surface area contributed by atoms with E-state index in [1.54, 1.807) is 6.26 Å². The zero-order chi connectivity index (χ0) is 17.4. The molecule has 0 aromatic rings. The Morgan fingerprint density at radius 1 is 0.957 bits per heavy atom. The van der Waals surface area contributed by atoms with Gasteiger partial charge in [-0.2, -0.15) is 0 Å². The van der Waals surface area contributed by atoms with E-state index in [4.69, 9.17) is 0 Å². The topological polar surface area (TPSA) is 98.8 Å². The predicted molar refractivity (Wildman–Crippen MR) is 85.7 cm³/mol. The van der Waals surface area contributed by atoms with Gasteiger partial charge in [-0.1, -0.05) is 20.8 Å². The highest BCUT2D eigenvalue weighted by Crippen LogP contribution is 2.25. The van der Waals surface area contributed by atoms with Gasteiger partial charge in [-0.15, -0.1) is 11.8 Å². The minimum absolute atomic E-state index is 0.179. The molecule has 0 bridgehead atoms. The molecule has 2 aliphatic rings. The van der Waals surface area contributed by atoms with Crippen molar-refractivity contribution in [2.45, 2.75) is 38.6 Å². The second-order valence-electron chi connectivity index (χ2n) is 6.65. The molecule has 2 N–H and O–H groups in total. The van der Waals surface area contributed by atoms with Gasteiger partial charge >= 0.3 is 12.1 Å². The summed E-state index contributed by atoms with van der Waals surface area (Å²) in [6, 6.07) is -1.40. The highest BCUT2D eigenvalue weighted by molar-refractivity contribution is 7.99. The average molecular weight is 342 g/mol. The predicted octanol–water partition coefficient (Wildman–Crippen LogP) is 0.584. The van der Waals surface area contributed by atoms with Gasteiger partial charge in [0, 0.05) is 13.1 Å². The second kappa shape index (κ2) is 6.38. The van der Waals surface area contributed by atoms with E-state index in [9.17, 15) is 19.2 Å². The minimum Gasteiger partial charge on any atom is -0.325 e. The average Bonchev–Trinajstić information content (AvgIpc) is 2.90. The third-order valence-electron chi connectivity index (χ3n) is 3.88. The molecule has 2 rings (SSSR count). The van der Waals surface area contributed by atoms with Gasteiger partial charge in [0.05, 0.1) is 0 Å². The van der Waals surface area contributed by atoms with Crippen molar-refractivity contribution in [2.24, 2.45) is 5.41 Å². The van der Waals surface area contributed by atoms with Crippen molar-refractivity contribution < 1.29 is 19.2 Å². The molecule has 2 fully saturated rings. The highest BCUT2D eigenvalue weighted by Gasteiger charge is 2.44. The summed E-state index contributed by atoms with van der Waals surface area (Å²) >= 11 is 1.26. The molecule has 23 heavy (non-hydrogen) atoms. The number of thioether (sulfide) groups is 1. The largest absolute Gasteiger partial charge is 0.325 e. The lowest BCUT2D eigenvalue weighted by Gasteiger charge is -2.24. The van der Waals surface area contributed by atoms with Crippen LogP contribution in [0, 0.1) is 5.41 Å². The Labute approximate surface area is 139 Å². The lowest BCUT2D eigenvalue weighted by molar-refractivity contribution is -0.129. The van der Waals surface area contributed by atoms with Crippen molar-refractivity contribution in [1.29, 1.82) is 0 Å². The first-order valence-corrected chi connectivity index (χ1v) is 8.72. The van der Waals surface area contributed by atoms with E-state index < -0.39 is 23.5 Å². The lowest BCUT2D eigenvalue weighted by Crippen LogP contribution is -2.41. The Balaban J connectivity index is 1.90. The van der Waals surface area contributed by atoms with Crippen LogP contribution in [0.1, 0.15) is 27.2 Å². The van der Waals surface area contributed by atoms with Gasteiger partial charge in [-0.05, 0) is 18.1 Å². The van der Waals surface area contributed by atoms with Gasteiger partial charge in [0.1, 0.15) is 6.04 Å². The van der Waals surface area contributed by atoms with Crippen molar-refractivity contribution in [2.75, 3.05) is 19.3 Å². The summed E-state index contributed by atoms with van der Waals surface area (Å²) in [6.45, 7) is 6.01. The van der Waals surface area contributed by atoms with E-state index in [-0.39, 0.29) is 30.3 Å². The number of amides is 6. The Bertz CT molecular complexity index is 545. The van der Waals surface area contributed by atoms with E-state index in [1.807, 2.05) is 20.8 Å². The summed E-state index contributed by atoms with van der Waals surface area (Å²) in [6.07, 6.45) is 2.10. The van der Waals surface area contributed by atoms with E-state index in [0.29, 0.717) is 6.42 Å². The van der Waals surface area contributed by atoms with Crippen LogP contribution in [0.3, 0.4) is 0 Å². The molecular formula is C14H22N4O4S. The van der Waals surface area contributed by atoms with E-state index in [0.717, 1.165) is 9.80 Å². The number of nitrogens with one attached hydrogen (secondary N) is 2. The van der Waals surface area contributed by atoms with E-state index in [1.165, 1.54) is 11.8 Å². The summed E-state index contributed by atoms with van der Waals surface area (Å²) in [5, 5.41) is 4.70. The van der Waals surface area contributed by atoms with Gasteiger partial charge < -0.3 is 10.6 Å². The van der Waals surface area contributed by atoms with Crippen molar-refractivity contribution in [3.63, 3.8) is 0 Å². The zero-order valence-corrected chi connectivity index (χ0v) is 14.5. The number of hydrogen-bond donors (Lipinski definition) is 2. The summed E-state index contributed by atoms with van der Waals surface area (Å²) < 4.78 is 0. The third kappa shape index (κ3) is 3.44. The van der Waals surface area contributed by atoms with Crippen LogP contribution in [0.4, 0.5) is 9.59 Å². The summed E-state index contributed by atoms with van der Waals surface area (Å²) in [5.41, 5.74) is -0.363. The molecule has 2 aliphatic heterocycles. The lowest BCUT2D eigenvalue weighted by atomic mass is 9.87. The molecule has 2 atom stereocenters. The molecule has 0 radical (unpaired) electrons. The second-order valence-corrected chi connectivity index (χ2v) is 7.59. The molecular weight excluding hydrogens is 320 g/mol. The Morgan fingerprint density at radius 2 is 1.48 bits per heavy atom. The van der Waals surface area contributed by atoms with Crippen LogP contribution >= 0.6 is 11.8 Å². The Morgan fingerprint density at radius 3 is 1.91 bits per heavy atom. The molecule has 2 heterocycles. The number of carbonyl (C=O) groups excluding carboxylic acids is 4. The molecule has 0 aromatic heterocycles. The summed E-state index contributed by atoms with van der Waals surface area (Å²) in [5.74, 6) is -0.547. The monoisotopic (exact) mass is 342 g/mol. The fourth-order valence-electron chi connectivity index (χ4n) is 2.57. The molecule has 0 aromatic carbocycles. The van der Waals surface area contributed by atoms with Gasteiger partial charge in [-0.3, -0.25) is 19.4 Å². The van der Waals surface area contributed by atoms with Crippen LogP contribution in [0.2, 0.25) is 0 Å². The first kappa shape index (κ1) is 17.6. The van der Waals surface area contributed by atoms with Crippen molar-refractivity contribution in [3.8, 4) is 0 Å². The molecule has 0 saturated carbocycles. The van der Waals surface area contributed by atoms with Gasteiger partial charge in [0.2, 0.25) is 0 Å². The SMILES string of the molecule is CSC1NC(=O)N(CCCN2C(=O)NC(C(C)(C)C)C2=O)C1=O.